The van der Waals surface area contributed by atoms with Crippen molar-refractivity contribution in [3.8, 4) is 0 Å². The van der Waals surface area contributed by atoms with Gasteiger partial charge < -0.3 is 14.7 Å². The fraction of sp³-hybridized carbons (Fsp3) is 0.778. The highest BCUT2D eigenvalue weighted by molar-refractivity contribution is 7.99. The van der Waals surface area contributed by atoms with Gasteiger partial charge >= 0.3 is 6.03 Å². The van der Waals surface area contributed by atoms with Crippen LogP contribution in [-0.4, -0.2) is 64.7 Å². The van der Waals surface area contributed by atoms with Crippen LogP contribution in [0.2, 0.25) is 0 Å². The molecule has 0 bridgehead atoms. The number of nitrogens with zero attached hydrogens (tertiary/aromatic N) is 3. The number of rotatable bonds is 5. The molecular weight excluding hydrogens is 336 g/mol. The average Bonchev–Trinajstić information content (AvgIpc) is 3.23. The molecule has 0 spiro atoms. The molecule has 3 rings (SSSR count). The molecule has 2 fully saturated rings. The molecule has 1 saturated carbocycles. The molecule has 1 aliphatic heterocycles. The molecule has 1 aliphatic carbocycles. The third-order valence-electron chi connectivity index (χ3n) is 5.71. The first-order chi connectivity index (χ1) is 12.0. The largest absolute Gasteiger partial charge is 0.361 e. The lowest BCUT2D eigenvalue weighted by Gasteiger charge is -2.43. The summed E-state index contributed by atoms with van der Waals surface area (Å²) >= 11 is 2.04. The van der Waals surface area contributed by atoms with E-state index in [4.69, 9.17) is 4.52 Å². The summed E-state index contributed by atoms with van der Waals surface area (Å²) in [5.74, 6) is 3.21. The lowest BCUT2D eigenvalue weighted by molar-refractivity contribution is 0.102. The van der Waals surface area contributed by atoms with Crippen LogP contribution in [-0.2, 0) is 6.54 Å². The normalized spacial score (nSPS) is 20.6. The number of thioether (sulfide) groups is 1. The molecule has 6 nitrogen and oxygen atoms in total. The van der Waals surface area contributed by atoms with Gasteiger partial charge in [0.05, 0.1) is 12.2 Å². The molecule has 2 aliphatic rings. The molecule has 2 heterocycles. The van der Waals surface area contributed by atoms with Crippen molar-refractivity contribution in [3.05, 3.63) is 17.0 Å². The van der Waals surface area contributed by atoms with Gasteiger partial charge in [0.1, 0.15) is 5.76 Å². The lowest BCUT2D eigenvalue weighted by atomic mass is 9.94. The maximum Gasteiger partial charge on any atom is 0.317 e. The molecule has 0 radical (unpaired) electrons. The van der Waals surface area contributed by atoms with Crippen molar-refractivity contribution < 1.29 is 9.32 Å². The fourth-order valence-corrected chi connectivity index (χ4v) is 4.99. The molecule has 140 valence electrons. The van der Waals surface area contributed by atoms with E-state index in [2.05, 4.69) is 15.4 Å². The molecule has 1 aromatic heterocycles. The zero-order valence-corrected chi connectivity index (χ0v) is 16.5. The molecule has 1 aromatic rings. The van der Waals surface area contributed by atoms with Crippen LogP contribution in [0.5, 0.6) is 0 Å². The highest BCUT2D eigenvalue weighted by Gasteiger charge is 2.40. The monoisotopic (exact) mass is 366 g/mol. The number of nitrogens with one attached hydrogen (secondary N) is 1. The zero-order chi connectivity index (χ0) is 17.9. The summed E-state index contributed by atoms with van der Waals surface area (Å²) in [4.78, 5) is 17.0. The van der Waals surface area contributed by atoms with Gasteiger partial charge in [-0.25, -0.2) is 4.79 Å². The number of hydrogen-bond donors (Lipinski definition) is 1. The number of aryl methyl sites for hydroxylation is 2. The Morgan fingerprint density at radius 3 is 2.60 bits per heavy atom. The van der Waals surface area contributed by atoms with Crippen molar-refractivity contribution >= 4 is 17.8 Å². The van der Waals surface area contributed by atoms with Crippen molar-refractivity contribution in [1.82, 2.24) is 20.3 Å². The van der Waals surface area contributed by atoms with Crippen molar-refractivity contribution in [2.45, 2.75) is 51.6 Å². The summed E-state index contributed by atoms with van der Waals surface area (Å²) in [7, 11) is 1.83. The fourth-order valence-electron chi connectivity index (χ4n) is 4.09. The second kappa shape index (κ2) is 7.99. The highest BCUT2D eigenvalue weighted by Crippen LogP contribution is 2.36. The molecular formula is C18H30N4O2S. The molecule has 7 heteroatoms. The van der Waals surface area contributed by atoms with Crippen LogP contribution in [0.1, 0.15) is 42.7 Å². The summed E-state index contributed by atoms with van der Waals surface area (Å²) < 4.78 is 5.20. The van der Waals surface area contributed by atoms with Gasteiger partial charge in [0.25, 0.3) is 0 Å². The van der Waals surface area contributed by atoms with Crippen molar-refractivity contribution in [3.63, 3.8) is 0 Å². The minimum atomic E-state index is -0.0161. The smallest absolute Gasteiger partial charge is 0.317 e. The standard InChI is InChI=1S/C18H30N4O2S/c1-14-16(15(2)24-20-14)12-21(3)17(23)19-13-18(6-4-5-7-18)22-8-10-25-11-9-22/h4-13H2,1-3H3,(H,19,23). The van der Waals surface area contributed by atoms with Crippen molar-refractivity contribution in [2.24, 2.45) is 0 Å². The minimum absolute atomic E-state index is 0.0161. The van der Waals surface area contributed by atoms with Gasteiger partial charge in [-0.2, -0.15) is 11.8 Å². The van der Waals surface area contributed by atoms with Gasteiger partial charge in [-0.1, -0.05) is 18.0 Å². The molecule has 2 amide bonds. The Kier molecular flexibility index (Phi) is 5.94. The van der Waals surface area contributed by atoms with E-state index >= 15 is 0 Å². The SMILES string of the molecule is Cc1noc(C)c1CN(C)C(=O)NCC1(N2CCSCC2)CCCC1. The molecule has 1 N–H and O–H groups in total. The molecule has 0 atom stereocenters. The Morgan fingerprint density at radius 1 is 1.32 bits per heavy atom. The number of aromatic nitrogens is 1. The van der Waals surface area contributed by atoms with Gasteiger partial charge in [0, 0.05) is 49.3 Å². The average molecular weight is 367 g/mol. The Balaban J connectivity index is 1.58. The first kappa shape index (κ1) is 18.6. The second-order valence-electron chi connectivity index (χ2n) is 7.35. The quantitative estimate of drug-likeness (QED) is 0.868. The summed E-state index contributed by atoms with van der Waals surface area (Å²) in [5, 5.41) is 7.17. The van der Waals surface area contributed by atoms with E-state index < -0.39 is 0 Å². The van der Waals surface area contributed by atoms with Crippen LogP contribution >= 0.6 is 11.8 Å². The lowest BCUT2D eigenvalue weighted by Crippen LogP contribution is -2.57. The van der Waals surface area contributed by atoms with Crippen LogP contribution in [0.15, 0.2) is 4.52 Å². The van der Waals surface area contributed by atoms with Crippen LogP contribution in [0, 0.1) is 13.8 Å². The zero-order valence-electron chi connectivity index (χ0n) is 15.6. The number of carbonyl (C=O) groups is 1. The maximum atomic E-state index is 12.6. The van der Waals surface area contributed by atoms with E-state index in [1.165, 1.54) is 37.2 Å². The minimum Gasteiger partial charge on any atom is -0.361 e. The summed E-state index contributed by atoms with van der Waals surface area (Å²) in [6, 6.07) is -0.0161. The third-order valence-corrected chi connectivity index (χ3v) is 6.65. The highest BCUT2D eigenvalue weighted by atomic mass is 32.2. The van der Waals surface area contributed by atoms with E-state index in [1.54, 1.807) is 4.90 Å². The predicted molar refractivity (Wildman–Crippen MR) is 101 cm³/mol. The van der Waals surface area contributed by atoms with Crippen LogP contribution in [0.3, 0.4) is 0 Å². The number of urea groups is 1. The van der Waals surface area contributed by atoms with Crippen LogP contribution in [0.25, 0.3) is 0 Å². The molecule has 0 unspecified atom stereocenters. The first-order valence-corrected chi connectivity index (χ1v) is 10.4. The molecule has 1 saturated heterocycles. The van der Waals surface area contributed by atoms with Gasteiger partial charge in [0.15, 0.2) is 0 Å². The van der Waals surface area contributed by atoms with Crippen molar-refractivity contribution in [2.75, 3.05) is 38.2 Å². The second-order valence-corrected chi connectivity index (χ2v) is 8.57. The number of hydrogen-bond acceptors (Lipinski definition) is 5. The van der Waals surface area contributed by atoms with Crippen LogP contribution in [0.4, 0.5) is 4.79 Å². The van der Waals surface area contributed by atoms with Crippen molar-refractivity contribution in [1.29, 1.82) is 0 Å². The maximum absolute atomic E-state index is 12.6. The van der Waals surface area contributed by atoms with Gasteiger partial charge in [-0.05, 0) is 26.7 Å². The van der Waals surface area contributed by atoms with E-state index in [-0.39, 0.29) is 11.6 Å². The Morgan fingerprint density at radius 2 is 2.00 bits per heavy atom. The van der Waals surface area contributed by atoms with Gasteiger partial charge in [0.2, 0.25) is 0 Å². The van der Waals surface area contributed by atoms with E-state index in [0.717, 1.165) is 36.7 Å². The van der Waals surface area contributed by atoms with E-state index in [0.29, 0.717) is 6.54 Å². The van der Waals surface area contributed by atoms with Gasteiger partial charge in [-0.3, -0.25) is 4.90 Å². The number of amides is 2. The van der Waals surface area contributed by atoms with E-state index in [1.807, 2.05) is 32.7 Å². The molecule has 0 aromatic carbocycles. The Bertz CT molecular complexity index is 572. The third kappa shape index (κ3) is 4.14. The summed E-state index contributed by atoms with van der Waals surface area (Å²) in [5.41, 5.74) is 2.03. The Labute approximate surface area is 154 Å². The van der Waals surface area contributed by atoms with Crippen LogP contribution < -0.4 is 5.32 Å². The Hall–Kier alpha value is -1.21. The topological polar surface area (TPSA) is 61.6 Å². The van der Waals surface area contributed by atoms with Gasteiger partial charge in [-0.15, -0.1) is 0 Å². The summed E-state index contributed by atoms with van der Waals surface area (Å²) in [6.07, 6.45) is 4.94. The summed E-state index contributed by atoms with van der Waals surface area (Å²) in [6.45, 7) is 7.39. The predicted octanol–water partition coefficient (Wildman–Crippen LogP) is 2.79. The molecule has 25 heavy (non-hydrogen) atoms. The van der Waals surface area contributed by atoms with E-state index in [9.17, 15) is 4.79 Å². The number of carbonyl (C=O) groups excluding carboxylic acids is 1. The first-order valence-electron chi connectivity index (χ1n) is 9.25.